The summed E-state index contributed by atoms with van der Waals surface area (Å²) in [5, 5.41) is 7.05. The summed E-state index contributed by atoms with van der Waals surface area (Å²) in [6, 6.07) is 3.42. The van der Waals surface area contributed by atoms with Gasteiger partial charge in [0.05, 0.1) is 17.5 Å². The predicted molar refractivity (Wildman–Crippen MR) is 78.3 cm³/mol. The van der Waals surface area contributed by atoms with Crippen molar-refractivity contribution >= 4 is 11.8 Å². The minimum atomic E-state index is -0.461. The molecule has 3 heterocycles. The quantitative estimate of drug-likeness (QED) is 0.874. The van der Waals surface area contributed by atoms with Gasteiger partial charge in [0.25, 0.3) is 11.8 Å². The molecule has 1 aliphatic heterocycles. The molecule has 0 saturated carbocycles. The second-order valence-electron chi connectivity index (χ2n) is 5.57. The van der Waals surface area contributed by atoms with Crippen LogP contribution in [0, 0.1) is 12.8 Å². The Labute approximate surface area is 127 Å². The van der Waals surface area contributed by atoms with E-state index in [9.17, 15) is 9.59 Å². The normalized spacial score (nSPS) is 17.0. The molecule has 0 saturated heterocycles. The molecule has 2 amide bonds. The van der Waals surface area contributed by atoms with Crippen LogP contribution < -0.4 is 11.1 Å². The number of nitrogens with two attached hydrogens (primary N) is 1. The first-order valence-electron chi connectivity index (χ1n) is 7.23. The molecule has 0 spiro atoms. The van der Waals surface area contributed by atoms with Crippen molar-refractivity contribution in [1.29, 1.82) is 0 Å². The van der Waals surface area contributed by atoms with E-state index in [1.165, 1.54) is 6.20 Å². The molecule has 0 unspecified atom stereocenters. The third kappa shape index (κ3) is 2.74. The molecular weight excluding hydrogens is 284 g/mol. The van der Waals surface area contributed by atoms with Crippen LogP contribution in [0.5, 0.6) is 0 Å². The highest BCUT2D eigenvalue weighted by atomic mass is 16.3. The number of aryl methyl sites for hydroxylation is 2. The van der Waals surface area contributed by atoms with E-state index in [1.807, 2.05) is 4.68 Å². The van der Waals surface area contributed by atoms with Crippen LogP contribution >= 0.6 is 0 Å². The Hall–Kier alpha value is -2.57. The molecule has 1 aliphatic rings. The van der Waals surface area contributed by atoms with E-state index in [-0.39, 0.29) is 11.8 Å². The summed E-state index contributed by atoms with van der Waals surface area (Å²) in [6.45, 7) is 3.05. The van der Waals surface area contributed by atoms with E-state index < -0.39 is 5.91 Å². The molecule has 0 aromatic carbocycles. The third-order valence-corrected chi connectivity index (χ3v) is 3.96. The number of nitrogens with one attached hydrogen (secondary N) is 1. The van der Waals surface area contributed by atoms with Crippen LogP contribution in [0.25, 0.3) is 0 Å². The van der Waals surface area contributed by atoms with Gasteiger partial charge in [0.1, 0.15) is 5.76 Å². The number of carbonyl (C=O) groups excluding carboxylic acids is 2. The Kier molecular flexibility index (Phi) is 3.70. The van der Waals surface area contributed by atoms with Crippen molar-refractivity contribution in [2.75, 3.05) is 6.54 Å². The fourth-order valence-corrected chi connectivity index (χ4v) is 2.76. The number of carbonyl (C=O) groups is 2. The van der Waals surface area contributed by atoms with Gasteiger partial charge in [-0.2, -0.15) is 5.10 Å². The molecule has 0 radical (unpaired) electrons. The van der Waals surface area contributed by atoms with Gasteiger partial charge in [0.15, 0.2) is 5.76 Å². The van der Waals surface area contributed by atoms with E-state index in [1.54, 1.807) is 19.1 Å². The zero-order valence-corrected chi connectivity index (χ0v) is 12.3. The van der Waals surface area contributed by atoms with Gasteiger partial charge in [-0.25, -0.2) is 0 Å². The van der Waals surface area contributed by atoms with E-state index in [2.05, 4.69) is 10.4 Å². The number of amides is 2. The molecule has 7 heteroatoms. The van der Waals surface area contributed by atoms with E-state index in [0.29, 0.717) is 30.0 Å². The van der Waals surface area contributed by atoms with Crippen molar-refractivity contribution in [3.63, 3.8) is 0 Å². The lowest BCUT2D eigenvalue weighted by atomic mass is 9.94. The zero-order valence-electron chi connectivity index (χ0n) is 12.3. The minimum absolute atomic E-state index is 0.220. The van der Waals surface area contributed by atoms with Crippen LogP contribution in [0.2, 0.25) is 0 Å². The molecule has 2 aromatic heterocycles. The summed E-state index contributed by atoms with van der Waals surface area (Å²) in [6.07, 6.45) is 3.09. The van der Waals surface area contributed by atoms with Crippen LogP contribution in [0.3, 0.4) is 0 Å². The summed E-state index contributed by atoms with van der Waals surface area (Å²) in [5.74, 6) is 0.593. The molecule has 116 valence electrons. The molecule has 7 nitrogen and oxygen atoms in total. The van der Waals surface area contributed by atoms with Gasteiger partial charge in [0, 0.05) is 13.1 Å². The molecule has 3 rings (SSSR count). The summed E-state index contributed by atoms with van der Waals surface area (Å²) in [4.78, 5) is 23.4. The van der Waals surface area contributed by atoms with Crippen LogP contribution in [0.4, 0.5) is 0 Å². The maximum Gasteiger partial charge on any atom is 0.287 e. The third-order valence-electron chi connectivity index (χ3n) is 3.96. The predicted octanol–water partition coefficient (Wildman–Crippen LogP) is 0.876. The SMILES string of the molecule is Cc1ccc(C(=O)NC[C@@H]2CCn3ncc(C(N)=O)c3C2)o1. The average molecular weight is 302 g/mol. The number of hydrogen-bond donors (Lipinski definition) is 2. The highest BCUT2D eigenvalue weighted by molar-refractivity contribution is 5.93. The highest BCUT2D eigenvalue weighted by Crippen LogP contribution is 2.22. The van der Waals surface area contributed by atoms with Crippen molar-refractivity contribution in [3.8, 4) is 0 Å². The number of fused-ring (bicyclic) bond motifs is 1. The lowest BCUT2D eigenvalue weighted by Crippen LogP contribution is -2.33. The van der Waals surface area contributed by atoms with Crippen molar-refractivity contribution in [3.05, 3.63) is 41.1 Å². The van der Waals surface area contributed by atoms with E-state index in [4.69, 9.17) is 10.2 Å². The summed E-state index contributed by atoms with van der Waals surface area (Å²) >= 11 is 0. The summed E-state index contributed by atoms with van der Waals surface area (Å²) in [7, 11) is 0. The molecule has 0 fully saturated rings. The van der Waals surface area contributed by atoms with Gasteiger partial charge in [-0.1, -0.05) is 0 Å². The van der Waals surface area contributed by atoms with Gasteiger partial charge < -0.3 is 15.5 Å². The van der Waals surface area contributed by atoms with Gasteiger partial charge >= 0.3 is 0 Å². The van der Waals surface area contributed by atoms with E-state index >= 15 is 0 Å². The first kappa shape index (κ1) is 14.4. The minimum Gasteiger partial charge on any atom is -0.456 e. The fourth-order valence-electron chi connectivity index (χ4n) is 2.76. The molecule has 1 atom stereocenters. The summed E-state index contributed by atoms with van der Waals surface area (Å²) < 4.78 is 7.11. The Morgan fingerprint density at radius 3 is 3.00 bits per heavy atom. The molecule has 3 N–H and O–H groups in total. The Morgan fingerprint density at radius 2 is 2.32 bits per heavy atom. The van der Waals surface area contributed by atoms with Gasteiger partial charge in [-0.15, -0.1) is 0 Å². The van der Waals surface area contributed by atoms with Crippen molar-refractivity contribution in [2.45, 2.75) is 26.3 Å². The average Bonchev–Trinajstić information content (AvgIpc) is 3.10. The Morgan fingerprint density at radius 1 is 1.50 bits per heavy atom. The monoisotopic (exact) mass is 302 g/mol. The number of nitrogens with zero attached hydrogens (tertiary/aromatic N) is 2. The molecular formula is C15H18N4O3. The maximum absolute atomic E-state index is 12.0. The Balaban J connectivity index is 1.62. The van der Waals surface area contributed by atoms with Crippen molar-refractivity contribution in [2.24, 2.45) is 11.7 Å². The van der Waals surface area contributed by atoms with Gasteiger partial charge in [-0.3, -0.25) is 14.3 Å². The fraction of sp³-hybridized carbons (Fsp3) is 0.400. The zero-order chi connectivity index (χ0) is 15.7. The highest BCUT2D eigenvalue weighted by Gasteiger charge is 2.24. The van der Waals surface area contributed by atoms with Crippen molar-refractivity contribution < 1.29 is 14.0 Å². The first-order chi connectivity index (χ1) is 10.5. The van der Waals surface area contributed by atoms with Crippen molar-refractivity contribution in [1.82, 2.24) is 15.1 Å². The number of hydrogen-bond acceptors (Lipinski definition) is 4. The first-order valence-corrected chi connectivity index (χ1v) is 7.23. The number of furan rings is 1. The summed E-state index contributed by atoms with van der Waals surface area (Å²) in [5.41, 5.74) is 6.68. The molecule has 2 aromatic rings. The lowest BCUT2D eigenvalue weighted by Gasteiger charge is -2.24. The Bertz CT molecular complexity index is 716. The lowest BCUT2D eigenvalue weighted by molar-refractivity contribution is 0.0913. The van der Waals surface area contributed by atoms with Crippen LogP contribution in [-0.2, 0) is 13.0 Å². The second-order valence-corrected chi connectivity index (χ2v) is 5.57. The van der Waals surface area contributed by atoms with Crippen LogP contribution in [-0.4, -0.2) is 28.1 Å². The number of primary amides is 1. The number of aromatic nitrogens is 2. The molecule has 22 heavy (non-hydrogen) atoms. The van der Waals surface area contributed by atoms with Crippen LogP contribution in [0.15, 0.2) is 22.7 Å². The topological polar surface area (TPSA) is 103 Å². The smallest absolute Gasteiger partial charge is 0.287 e. The second kappa shape index (κ2) is 5.67. The van der Waals surface area contributed by atoms with E-state index in [0.717, 1.165) is 18.7 Å². The largest absolute Gasteiger partial charge is 0.456 e. The van der Waals surface area contributed by atoms with Gasteiger partial charge in [0.2, 0.25) is 0 Å². The molecule has 0 bridgehead atoms. The maximum atomic E-state index is 12.0. The molecule has 0 aliphatic carbocycles. The van der Waals surface area contributed by atoms with Crippen LogP contribution in [0.1, 0.15) is 38.8 Å². The standard InChI is InChI=1S/C15H18N4O3/c1-9-2-3-13(22-9)15(21)17-7-10-4-5-19-12(6-10)11(8-18-19)14(16)20/h2-3,8,10H,4-7H2,1H3,(H2,16,20)(H,17,21)/t10-/m1/s1. The van der Waals surface area contributed by atoms with Gasteiger partial charge in [-0.05, 0) is 37.8 Å². The number of rotatable bonds is 4.